The van der Waals surface area contributed by atoms with Crippen molar-refractivity contribution in [1.82, 2.24) is 0 Å². The van der Waals surface area contributed by atoms with E-state index in [-0.39, 0.29) is 31.1 Å². The number of esters is 3. The Kier molecular flexibility index (Phi) is 57.8. The fourth-order valence-corrected chi connectivity index (χ4v) is 8.78. The lowest BCUT2D eigenvalue weighted by Gasteiger charge is -2.18. The van der Waals surface area contributed by atoms with Crippen LogP contribution in [-0.4, -0.2) is 37.2 Å². The molecule has 0 fully saturated rings. The summed E-state index contributed by atoms with van der Waals surface area (Å²) in [5, 5.41) is 0. The maximum Gasteiger partial charge on any atom is 0.306 e. The molecule has 1 atom stereocenters. The highest BCUT2D eigenvalue weighted by atomic mass is 16.6. The van der Waals surface area contributed by atoms with Gasteiger partial charge in [0.05, 0.1) is 0 Å². The summed E-state index contributed by atoms with van der Waals surface area (Å²) < 4.78 is 16.9. The van der Waals surface area contributed by atoms with Crippen LogP contribution in [0, 0.1) is 0 Å². The Labute approximate surface area is 446 Å². The standard InChI is InChI=1S/C66H116O6/c1-4-7-10-13-16-19-22-25-27-28-29-30-31-32-33-34-35-36-37-38-40-41-44-47-50-53-56-59-65(68)71-62-63(61-70-64(67)58-55-52-49-46-43-24-21-18-15-12-9-6-3)72-66(69)60-57-54-51-48-45-42-39-26-23-20-17-14-11-8-5-2/h7,10,16,18-19,21,25-27,29-30,39,63H,4-6,8-9,11-15,17,20,22-24,28,31-38,40-62H2,1-3H3/b10-7-,19-16-,21-18-,27-25-,30-29-,39-26-. The summed E-state index contributed by atoms with van der Waals surface area (Å²) in [6.07, 6.45) is 77.6. The Morgan fingerprint density at radius 3 is 0.889 bits per heavy atom. The largest absolute Gasteiger partial charge is 0.462 e. The number of carbonyl (C=O) groups is 3. The lowest BCUT2D eigenvalue weighted by Crippen LogP contribution is -2.30. The van der Waals surface area contributed by atoms with Crippen molar-refractivity contribution in [3.63, 3.8) is 0 Å². The number of hydrogen-bond donors (Lipinski definition) is 0. The summed E-state index contributed by atoms with van der Waals surface area (Å²) in [6, 6.07) is 0. The number of unbranched alkanes of at least 4 members (excludes halogenated alkanes) is 33. The average molecular weight is 1010 g/mol. The fraction of sp³-hybridized carbons (Fsp3) is 0.773. The van der Waals surface area contributed by atoms with Crippen molar-refractivity contribution in [3.05, 3.63) is 72.9 Å². The molecule has 0 saturated heterocycles. The average Bonchev–Trinajstić information content (AvgIpc) is 3.38. The molecule has 1 unspecified atom stereocenters. The van der Waals surface area contributed by atoms with Gasteiger partial charge in [-0.15, -0.1) is 0 Å². The lowest BCUT2D eigenvalue weighted by atomic mass is 10.0. The summed E-state index contributed by atoms with van der Waals surface area (Å²) in [6.45, 7) is 6.51. The van der Waals surface area contributed by atoms with E-state index in [0.29, 0.717) is 19.3 Å². The van der Waals surface area contributed by atoms with Gasteiger partial charge in [0.1, 0.15) is 13.2 Å². The summed E-state index contributed by atoms with van der Waals surface area (Å²) >= 11 is 0. The molecule has 0 rings (SSSR count). The van der Waals surface area contributed by atoms with Gasteiger partial charge in [0.25, 0.3) is 0 Å². The minimum absolute atomic E-state index is 0.0794. The minimum Gasteiger partial charge on any atom is -0.462 e. The second-order valence-electron chi connectivity index (χ2n) is 20.6. The monoisotopic (exact) mass is 1000 g/mol. The van der Waals surface area contributed by atoms with Gasteiger partial charge < -0.3 is 14.2 Å². The third-order valence-corrected chi connectivity index (χ3v) is 13.4. The molecule has 0 spiro atoms. The number of carbonyl (C=O) groups excluding carboxylic acids is 3. The Hall–Kier alpha value is -3.15. The van der Waals surface area contributed by atoms with Crippen LogP contribution < -0.4 is 0 Å². The van der Waals surface area contributed by atoms with Crippen LogP contribution in [0.5, 0.6) is 0 Å². The topological polar surface area (TPSA) is 78.9 Å². The van der Waals surface area contributed by atoms with Crippen molar-refractivity contribution in [2.24, 2.45) is 0 Å². The smallest absolute Gasteiger partial charge is 0.306 e. The molecule has 416 valence electrons. The van der Waals surface area contributed by atoms with Crippen LogP contribution in [-0.2, 0) is 28.6 Å². The van der Waals surface area contributed by atoms with Crippen molar-refractivity contribution < 1.29 is 28.6 Å². The van der Waals surface area contributed by atoms with Gasteiger partial charge in [0.15, 0.2) is 6.10 Å². The molecule has 0 heterocycles. The van der Waals surface area contributed by atoms with Crippen LogP contribution in [0.4, 0.5) is 0 Å². The first kappa shape index (κ1) is 68.8. The van der Waals surface area contributed by atoms with Gasteiger partial charge in [0, 0.05) is 19.3 Å². The van der Waals surface area contributed by atoms with Crippen LogP contribution in [0.2, 0.25) is 0 Å². The zero-order chi connectivity index (χ0) is 52.2. The number of rotatable bonds is 56. The van der Waals surface area contributed by atoms with Crippen LogP contribution in [0.3, 0.4) is 0 Å². The number of allylic oxidation sites excluding steroid dienone is 12. The molecule has 0 radical (unpaired) electrons. The molecule has 0 N–H and O–H groups in total. The van der Waals surface area contributed by atoms with Gasteiger partial charge in [-0.1, -0.05) is 254 Å². The van der Waals surface area contributed by atoms with E-state index >= 15 is 0 Å². The van der Waals surface area contributed by atoms with E-state index in [1.807, 2.05) is 0 Å². The van der Waals surface area contributed by atoms with Gasteiger partial charge >= 0.3 is 17.9 Å². The fourth-order valence-electron chi connectivity index (χ4n) is 8.78. The van der Waals surface area contributed by atoms with Gasteiger partial charge in [-0.3, -0.25) is 14.4 Å². The number of ether oxygens (including phenoxy) is 3. The molecule has 0 bridgehead atoms. The van der Waals surface area contributed by atoms with E-state index in [1.54, 1.807) is 0 Å². The summed E-state index contributed by atoms with van der Waals surface area (Å²) in [5.41, 5.74) is 0. The second-order valence-corrected chi connectivity index (χ2v) is 20.6. The first-order chi connectivity index (χ1) is 35.5. The molecule has 0 aliphatic rings. The SMILES string of the molecule is CC/C=C\C/C=C\C/C=C\C/C=C\CCCCCCCCCCCCCCCCC(=O)OCC(COC(=O)CCCCCCC/C=C\CCCCC)OC(=O)CCCCCCC/C=C\CCCCCCCC. The maximum atomic E-state index is 12.9. The Morgan fingerprint density at radius 1 is 0.292 bits per heavy atom. The van der Waals surface area contributed by atoms with E-state index in [1.165, 1.54) is 167 Å². The Morgan fingerprint density at radius 2 is 0.542 bits per heavy atom. The zero-order valence-corrected chi connectivity index (χ0v) is 47.7. The summed E-state index contributed by atoms with van der Waals surface area (Å²) in [7, 11) is 0. The normalized spacial score (nSPS) is 12.5. The molecule has 0 amide bonds. The predicted molar refractivity (Wildman–Crippen MR) is 311 cm³/mol. The molecule has 0 aromatic heterocycles. The van der Waals surface area contributed by atoms with E-state index < -0.39 is 6.10 Å². The Balaban J connectivity index is 4.23. The zero-order valence-electron chi connectivity index (χ0n) is 47.7. The predicted octanol–water partition coefficient (Wildman–Crippen LogP) is 20.9. The maximum absolute atomic E-state index is 12.9. The molecule has 6 heteroatoms. The molecule has 0 aliphatic heterocycles. The first-order valence-electron chi connectivity index (χ1n) is 30.9. The highest BCUT2D eigenvalue weighted by molar-refractivity contribution is 5.71. The van der Waals surface area contributed by atoms with Gasteiger partial charge in [-0.25, -0.2) is 0 Å². The van der Waals surface area contributed by atoms with Crippen LogP contribution in [0.1, 0.15) is 310 Å². The number of hydrogen-bond acceptors (Lipinski definition) is 6. The van der Waals surface area contributed by atoms with Crippen LogP contribution in [0.25, 0.3) is 0 Å². The highest BCUT2D eigenvalue weighted by Gasteiger charge is 2.19. The molecule has 0 aliphatic carbocycles. The Bertz CT molecular complexity index is 1340. The van der Waals surface area contributed by atoms with Crippen LogP contribution in [0.15, 0.2) is 72.9 Å². The van der Waals surface area contributed by atoms with E-state index in [9.17, 15) is 14.4 Å². The molecule has 0 aromatic carbocycles. The van der Waals surface area contributed by atoms with Crippen molar-refractivity contribution in [3.8, 4) is 0 Å². The van der Waals surface area contributed by atoms with E-state index in [4.69, 9.17) is 14.2 Å². The molecule has 72 heavy (non-hydrogen) atoms. The second kappa shape index (κ2) is 60.4. The van der Waals surface area contributed by atoms with E-state index in [2.05, 4.69) is 93.7 Å². The quantitative estimate of drug-likeness (QED) is 0.0261. The first-order valence-corrected chi connectivity index (χ1v) is 30.9. The highest BCUT2D eigenvalue weighted by Crippen LogP contribution is 2.16. The molecule has 6 nitrogen and oxygen atoms in total. The van der Waals surface area contributed by atoms with Crippen molar-refractivity contribution in [2.75, 3.05) is 13.2 Å². The van der Waals surface area contributed by atoms with Gasteiger partial charge in [-0.05, 0) is 109 Å². The minimum atomic E-state index is -0.782. The molecule has 0 aromatic rings. The lowest BCUT2D eigenvalue weighted by molar-refractivity contribution is -0.167. The molecule has 0 saturated carbocycles. The van der Waals surface area contributed by atoms with Gasteiger partial charge in [-0.2, -0.15) is 0 Å². The summed E-state index contributed by atoms with van der Waals surface area (Å²) in [4.78, 5) is 38.2. The third-order valence-electron chi connectivity index (χ3n) is 13.4. The van der Waals surface area contributed by atoms with Crippen molar-refractivity contribution >= 4 is 17.9 Å². The van der Waals surface area contributed by atoms with Gasteiger partial charge in [0.2, 0.25) is 0 Å². The van der Waals surface area contributed by atoms with Crippen molar-refractivity contribution in [2.45, 2.75) is 316 Å². The van der Waals surface area contributed by atoms with Crippen molar-refractivity contribution in [1.29, 1.82) is 0 Å². The molecular weight excluding hydrogens is 889 g/mol. The van der Waals surface area contributed by atoms with Crippen LogP contribution >= 0.6 is 0 Å². The summed E-state index contributed by atoms with van der Waals surface area (Å²) in [5.74, 6) is -0.886. The third kappa shape index (κ3) is 57.7. The van der Waals surface area contributed by atoms with E-state index in [0.717, 1.165) is 103 Å². The molecular formula is C66H116O6.